The second-order valence-electron chi connectivity index (χ2n) is 6.36. The topological polar surface area (TPSA) is 67.9 Å². The summed E-state index contributed by atoms with van der Waals surface area (Å²) in [5.41, 5.74) is 0.993. The minimum Gasteiger partial charge on any atom is -0.493 e. The number of ether oxygens (including phenoxy) is 2. The Labute approximate surface area is 156 Å². The molecular weight excluding hydrogens is 388 g/mol. The average molecular weight is 411 g/mol. The fraction of sp³-hybridized carbons (Fsp3) is 0.556. The predicted molar refractivity (Wildman–Crippen MR) is 96.5 cm³/mol. The molecular formula is C18H23BrN2O4. The van der Waals surface area contributed by atoms with Gasteiger partial charge in [0.05, 0.1) is 25.2 Å². The molecule has 0 aromatic heterocycles. The average Bonchev–Trinajstić information content (AvgIpc) is 2.62. The maximum absolute atomic E-state index is 12.7. The van der Waals surface area contributed by atoms with Crippen LogP contribution in [0.4, 0.5) is 4.79 Å². The Morgan fingerprint density at radius 2 is 2.24 bits per heavy atom. The summed E-state index contributed by atoms with van der Waals surface area (Å²) in [5.74, 6) is 0.611. The summed E-state index contributed by atoms with van der Waals surface area (Å²) >= 11 is 3.47. The number of carbonyl (C=O) groups is 2. The molecule has 0 radical (unpaired) electrons. The molecule has 3 rings (SSSR count). The van der Waals surface area contributed by atoms with Crippen LogP contribution in [0.5, 0.6) is 5.75 Å². The van der Waals surface area contributed by atoms with Gasteiger partial charge < -0.3 is 19.7 Å². The minimum absolute atomic E-state index is 0.00757. The van der Waals surface area contributed by atoms with E-state index in [0.29, 0.717) is 26.3 Å². The molecule has 6 nitrogen and oxygen atoms in total. The van der Waals surface area contributed by atoms with E-state index in [1.165, 1.54) is 0 Å². The lowest BCUT2D eigenvalue weighted by Crippen LogP contribution is -2.46. The second-order valence-corrected chi connectivity index (χ2v) is 7.28. The van der Waals surface area contributed by atoms with Crippen LogP contribution < -0.4 is 10.1 Å². The first-order valence-electron chi connectivity index (χ1n) is 8.72. The second kappa shape index (κ2) is 8.08. The number of nitrogens with zero attached hydrogens (tertiary/aromatic N) is 1. The molecule has 0 spiro atoms. The highest BCUT2D eigenvalue weighted by molar-refractivity contribution is 9.10. The third-order valence-corrected chi connectivity index (χ3v) is 5.14. The van der Waals surface area contributed by atoms with Crippen LogP contribution in [0.1, 0.15) is 37.8 Å². The van der Waals surface area contributed by atoms with Gasteiger partial charge in [0.1, 0.15) is 5.75 Å². The molecule has 0 saturated carbocycles. The van der Waals surface area contributed by atoms with Gasteiger partial charge in [-0.1, -0.05) is 15.9 Å². The van der Waals surface area contributed by atoms with Gasteiger partial charge >= 0.3 is 6.09 Å². The van der Waals surface area contributed by atoms with Crippen molar-refractivity contribution in [2.45, 2.75) is 32.2 Å². The SMILES string of the molecule is CCOC(=O)N1CCCC(C(=O)NC2CCOc3ccc(Br)cc32)C1. The summed E-state index contributed by atoms with van der Waals surface area (Å²) in [6.45, 7) is 3.78. The summed E-state index contributed by atoms with van der Waals surface area (Å²) < 4.78 is 11.7. The van der Waals surface area contributed by atoms with Gasteiger partial charge in [0, 0.05) is 29.5 Å². The molecule has 2 aliphatic heterocycles. The number of rotatable bonds is 3. The van der Waals surface area contributed by atoms with E-state index < -0.39 is 0 Å². The van der Waals surface area contributed by atoms with Gasteiger partial charge in [-0.15, -0.1) is 0 Å². The van der Waals surface area contributed by atoms with E-state index in [-0.39, 0.29) is 24.0 Å². The predicted octanol–water partition coefficient (Wildman–Crippen LogP) is 3.26. The van der Waals surface area contributed by atoms with Crippen LogP contribution >= 0.6 is 15.9 Å². The minimum atomic E-state index is -0.333. The van der Waals surface area contributed by atoms with E-state index >= 15 is 0 Å². The lowest BCUT2D eigenvalue weighted by atomic mass is 9.95. The van der Waals surface area contributed by atoms with Crippen molar-refractivity contribution in [1.82, 2.24) is 10.2 Å². The molecule has 7 heteroatoms. The number of hydrogen-bond donors (Lipinski definition) is 1. The molecule has 0 bridgehead atoms. The number of fused-ring (bicyclic) bond motifs is 1. The maximum Gasteiger partial charge on any atom is 0.409 e. The zero-order valence-corrected chi connectivity index (χ0v) is 15.9. The number of piperidine rings is 1. The molecule has 2 amide bonds. The van der Waals surface area contributed by atoms with E-state index in [1.807, 2.05) is 18.2 Å². The van der Waals surface area contributed by atoms with Gasteiger partial charge in [-0.05, 0) is 38.0 Å². The Hall–Kier alpha value is -1.76. The standard InChI is InChI=1S/C18H23BrN2O4/c1-2-24-18(23)21-8-3-4-12(11-21)17(22)20-15-7-9-25-16-6-5-13(19)10-14(15)16/h5-6,10,12,15H,2-4,7-9,11H2,1H3,(H,20,22). The Morgan fingerprint density at radius 3 is 3.04 bits per heavy atom. The first kappa shape index (κ1) is 18.0. The Kier molecular flexibility index (Phi) is 5.83. The highest BCUT2D eigenvalue weighted by Gasteiger charge is 2.31. The van der Waals surface area contributed by atoms with Crippen LogP contribution in [0, 0.1) is 5.92 Å². The van der Waals surface area contributed by atoms with Gasteiger partial charge in [-0.2, -0.15) is 0 Å². The summed E-state index contributed by atoms with van der Waals surface area (Å²) in [5, 5.41) is 3.14. The number of likely N-dealkylation sites (tertiary alicyclic amines) is 1. The number of hydrogen-bond acceptors (Lipinski definition) is 4. The first-order chi connectivity index (χ1) is 12.1. The molecule has 1 N–H and O–H groups in total. The highest BCUT2D eigenvalue weighted by atomic mass is 79.9. The molecule has 2 unspecified atom stereocenters. The van der Waals surface area contributed by atoms with Crippen LogP contribution in [0.2, 0.25) is 0 Å². The summed E-state index contributed by atoms with van der Waals surface area (Å²) in [6.07, 6.45) is 2.01. The number of amides is 2. The van der Waals surface area contributed by atoms with Gasteiger partial charge in [-0.3, -0.25) is 4.79 Å². The summed E-state index contributed by atoms with van der Waals surface area (Å²) in [7, 11) is 0. The quantitative estimate of drug-likeness (QED) is 0.829. The van der Waals surface area contributed by atoms with Crippen molar-refractivity contribution in [3.63, 3.8) is 0 Å². The highest BCUT2D eigenvalue weighted by Crippen LogP contribution is 2.34. The van der Waals surface area contributed by atoms with Crippen LogP contribution in [0.15, 0.2) is 22.7 Å². The molecule has 2 heterocycles. The van der Waals surface area contributed by atoms with Crippen molar-refractivity contribution in [1.29, 1.82) is 0 Å². The molecule has 2 atom stereocenters. The molecule has 2 aliphatic rings. The molecule has 25 heavy (non-hydrogen) atoms. The van der Waals surface area contributed by atoms with E-state index in [0.717, 1.165) is 35.0 Å². The van der Waals surface area contributed by atoms with Crippen LogP contribution in [-0.2, 0) is 9.53 Å². The fourth-order valence-corrected chi connectivity index (χ4v) is 3.76. The first-order valence-corrected chi connectivity index (χ1v) is 9.52. The van der Waals surface area contributed by atoms with Gasteiger partial charge in [0.25, 0.3) is 0 Å². The van der Waals surface area contributed by atoms with Crippen LogP contribution in [-0.4, -0.2) is 43.2 Å². The zero-order chi connectivity index (χ0) is 17.8. The smallest absolute Gasteiger partial charge is 0.409 e. The Morgan fingerprint density at radius 1 is 1.40 bits per heavy atom. The number of benzene rings is 1. The fourth-order valence-electron chi connectivity index (χ4n) is 3.38. The lowest BCUT2D eigenvalue weighted by molar-refractivity contribution is -0.127. The van der Waals surface area contributed by atoms with Crippen molar-refractivity contribution in [2.24, 2.45) is 5.92 Å². The van der Waals surface area contributed by atoms with Crippen LogP contribution in [0.3, 0.4) is 0 Å². The normalized spacial score (nSPS) is 22.6. The van der Waals surface area contributed by atoms with E-state index in [2.05, 4.69) is 21.2 Å². The molecule has 1 aromatic carbocycles. The van der Waals surface area contributed by atoms with E-state index in [1.54, 1.807) is 11.8 Å². The maximum atomic E-state index is 12.7. The summed E-state index contributed by atoms with van der Waals surface area (Å²) in [6, 6.07) is 5.78. The number of nitrogens with one attached hydrogen (secondary N) is 1. The number of halogens is 1. The van der Waals surface area contributed by atoms with Gasteiger partial charge in [0.15, 0.2) is 0 Å². The zero-order valence-electron chi connectivity index (χ0n) is 14.3. The molecule has 1 fully saturated rings. The monoisotopic (exact) mass is 410 g/mol. The molecule has 1 saturated heterocycles. The Balaban J connectivity index is 1.65. The third kappa shape index (κ3) is 4.26. The van der Waals surface area contributed by atoms with Crippen molar-refractivity contribution < 1.29 is 19.1 Å². The van der Waals surface area contributed by atoms with E-state index in [4.69, 9.17) is 9.47 Å². The largest absolute Gasteiger partial charge is 0.493 e. The van der Waals surface area contributed by atoms with Gasteiger partial charge in [-0.25, -0.2) is 4.79 Å². The van der Waals surface area contributed by atoms with Crippen molar-refractivity contribution in [3.05, 3.63) is 28.2 Å². The van der Waals surface area contributed by atoms with Crippen molar-refractivity contribution in [3.8, 4) is 5.75 Å². The lowest BCUT2D eigenvalue weighted by Gasteiger charge is -2.33. The molecule has 1 aromatic rings. The van der Waals surface area contributed by atoms with E-state index in [9.17, 15) is 9.59 Å². The molecule has 136 valence electrons. The third-order valence-electron chi connectivity index (χ3n) is 4.65. The van der Waals surface area contributed by atoms with Crippen LogP contribution in [0.25, 0.3) is 0 Å². The van der Waals surface area contributed by atoms with Crippen molar-refractivity contribution in [2.75, 3.05) is 26.3 Å². The van der Waals surface area contributed by atoms with Gasteiger partial charge in [0.2, 0.25) is 5.91 Å². The molecule has 0 aliphatic carbocycles. The number of carbonyl (C=O) groups excluding carboxylic acids is 2. The Bertz CT molecular complexity index is 652. The summed E-state index contributed by atoms with van der Waals surface area (Å²) in [4.78, 5) is 26.3. The van der Waals surface area contributed by atoms with Crippen molar-refractivity contribution >= 4 is 27.9 Å².